The normalized spacial score (nSPS) is 10.9. The summed E-state index contributed by atoms with van der Waals surface area (Å²) in [5.74, 6) is 2.18. The number of rotatable bonds is 13. The number of hydrogen-bond donors (Lipinski definition) is 2. The highest BCUT2D eigenvalue weighted by molar-refractivity contribution is 5.94. The average molecular weight is 466 g/mol. The molecular weight excluding hydrogens is 422 g/mol. The summed E-state index contributed by atoms with van der Waals surface area (Å²) < 4.78 is 5.83. The first-order chi connectivity index (χ1) is 16.4. The van der Waals surface area contributed by atoms with E-state index in [-0.39, 0.29) is 5.78 Å². The van der Waals surface area contributed by atoms with Gasteiger partial charge in [0.2, 0.25) is 0 Å². The van der Waals surface area contributed by atoms with Gasteiger partial charge in [0, 0.05) is 6.92 Å². The van der Waals surface area contributed by atoms with Crippen LogP contribution in [0.2, 0.25) is 0 Å². The number of hydrogen-bond acceptors (Lipinski definition) is 4. The number of ketones is 1. The number of ether oxygens (including phenoxy) is 1. The first kappa shape index (κ1) is 27.6. The number of unbranched alkanes of at least 4 members (excludes halogenated alkanes) is 1. The molecule has 0 fully saturated rings. The molecule has 1 aromatic heterocycles. The number of benzene rings is 2. The summed E-state index contributed by atoms with van der Waals surface area (Å²) in [5, 5.41) is 3.37. The zero-order chi connectivity index (χ0) is 24.8. The Labute approximate surface area is 205 Å². The standard InChI is InChI=1S/C21H24N2O2.C8H19N/c1-3-16-8-6-9-18(13-16)25-12-5-4-7-17-10-11-19-20(14-17)23-21(22-19)15(2)24;1-4-6-9-7-5-8(2)3/h6,8-11,13-14H,3-5,7,12H2,1-2H3,(H,22,23);8-9H,4-7H2,1-3H3. The van der Waals surface area contributed by atoms with Crippen molar-refractivity contribution in [2.45, 2.75) is 73.1 Å². The summed E-state index contributed by atoms with van der Waals surface area (Å²) in [6.07, 6.45) is 6.64. The number of aromatic nitrogens is 2. The fourth-order valence-corrected chi connectivity index (χ4v) is 3.55. The van der Waals surface area contributed by atoms with Crippen LogP contribution < -0.4 is 10.1 Å². The van der Waals surface area contributed by atoms with Gasteiger partial charge in [0.05, 0.1) is 17.6 Å². The monoisotopic (exact) mass is 465 g/mol. The van der Waals surface area contributed by atoms with E-state index in [1.54, 1.807) is 0 Å². The van der Waals surface area contributed by atoms with Crippen molar-refractivity contribution in [1.29, 1.82) is 0 Å². The second-order valence-corrected chi connectivity index (χ2v) is 9.23. The number of Topliss-reactive ketones (excluding diaryl/α,β-unsaturated/α-hetero) is 1. The predicted molar refractivity (Wildman–Crippen MR) is 143 cm³/mol. The van der Waals surface area contributed by atoms with E-state index in [0.29, 0.717) is 5.82 Å². The Morgan fingerprint density at radius 1 is 1.06 bits per heavy atom. The summed E-state index contributed by atoms with van der Waals surface area (Å²) in [7, 11) is 0. The van der Waals surface area contributed by atoms with Crippen molar-refractivity contribution in [3.8, 4) is 5.75 Å². The maximum atomic E-state index is 11.4. The van der Waals surface area contributed by atoms with Gasteiger partial charge in [-0.1, -0.05) is 45.9 Å². The second-order valence-electron chi connectivity index (χ2n) is 9.23. The molecule has 186 valence electrons. The van der Waals surface area contributed by atoms with E-state index >= 15 is 0 Å². The molecule has 3 aromatic rings. The van der Waals surface area contributed by atoms with Crippen LogP contribution in [0.15, 0.2) is 42.5 Å². The zero-order valence-corrected chi connectivity index (χ0v) is 21.7. The maximum absolute atomic E-state index is 11.4. The summed E-state index contributed by atoms with van der Waals surface area (Å²) >= 11 is 0. The van der Waals surface area contributed by atoms with Gasteiger partial charge in [-0.2, -0.15) is 0 Å². The van der Waals surface area contributed by atoms with E-state index in [0.717, 1.165) is 55.0 Å². The minimum absolute atomic E-state index is 0.0398. The molecule has 2 aromatic carbocycles. The lowest BCUT2D eigenvalue weighted by Gasteiger charge is -2.07. The van der Waals surface area contributed by atoms with Crippen LogP contribution in [0.1, 0.15) is 82.0 Å². The third kappa shape index (κ3) is 10.1. The largest absolute Gasteiger partial charge is 0.494 e. The Morgan fingerprint density at radius 3 is 2.59 bits per heavy atom. The van der Waals surface area contributed by atoms with E-state index in [1.807, 2.05) is 18.2 Å². The Kier molecular flexibility index (Phi) is 12.4. The predicted octanol–water partition coefficient (Wildman–Crippen LogP) is 6.76. The lowest BCUT2D eigenvalue weighted by atomic mass is 10.1. The molecule has 0 saturated carbocycles. The lowest BCUT2D eigenvalue weighted by molar-refractivity contribution is 0.100. The SMILES string of the molecule is CCCNCCC(C)C.CCc1cccc(OCCCCc2ccc3nc(C(C)=O)[nH]c3c2)c1. The minimum Gasteiger partial charge on any atom is -0.494 e. The molecule has 0 aliphatic carbocycles. The van der Waals surface area contributed by atoms with Crippen molar-refractivity contribution < 1.29 is 9.53 Å². The van der Waals surface area contributed by atoms with Crippen LogP contribution in [-0.4, -0.2) is 35.4 Å². The molecule has 0 aliphatic heterocycles. The molecule has 5 heteroatoms. The number of nitrogens with one attached hydrogen (secondary N) is 2. The highest BCUT2D eigenvalue weighted by Crippen LogP contribution is 2.17. The van der Waals surface area contributed by atoms with E-state index in [4.69, 9.17) is 4.74 Å². The van der Waals surface area contributed by atoms with Crippen molar-refractivity contribution in [2.24, 2.45) is 5.92 Å². The summed E-state index contributed by atoms with van der Waals surface area (Å²) in [4.78, 5) is 18.8. The number of nitrogens with zero attached hydrogens (tertiary/aromatic N) is 1. The molecule has 1 heterocycles. The first-order valence-electron chi connectivity index (χ1n) is 12.8. The topological polar surface area (TPSA) is 67.0 Å². The van der Waals surface area contributed by atoms with Crippen LogP contribution in [0.5, 0.6) is 5.75 Å². The van der Waals surface area contributed by atoms with Crippen LogP contribution in [-0.2, 0) is 12.8 Å². The van der Waals surface area contributed by atoms with Gasteiger partial charge in [0.15, 0.2) is 11.6 Å². The summed E-state index contributed by atoms with van der Waals surface area (Å²) in [6.45, 7) is 13.5. The molecule has 0 aliphatic rings. The Bertz CT molecular complexity index is 994. The van der Waals surface area contributed by atoms with Gasteiger partial charge in [-0.25, -0.2) is 4.98 Å². The Morgan fingerprint density at radius 2 is 1.88 bits per heavy atom. The molecule has 3 rings (SSSR count). The molecule has 0 saturated heterocycles. The van der Waals surface area contributed by atoms with Crippen molar-refractivity contribution in [3.05, 3.63) is 59.4 Å². The highest BCUT2D eigenvalue weighted by atomic mass is 16.5. The number of carbonyl (C=O) groups is 1. The molecule has 0 spiro atoms. The summed E-state index contributed by atoms with van der Waals surface area (Å²) in [6, 6.07) is 14.4. The van der Waals surface area contributed by atoms with E-state index in [1.165, 1.54) is 44.0 Å². The van der Waals surface area contributed by atoms with E-state index in [2.05, 4.69) is 67.2 Å². The van der Waals surface area contributed by atoms with Crippen molar-refractivity contribution in [1.82, 2.24) is 15.3 Å². The number of aryl methyl sites for hydroxylation is 2. The quantitative estimate of drug-likeness (QED) is 0.216. The van der Waals surface area contributed by atoms with Crippen molar-refractivity contribution in [3.63, 3.8) is 0 Å². The molecule has 34 heavy (non-hydrogen) atoms. The number of aromatic amines is 1. The van der Waals surface area contributed by atoms with E-state index in [9.17, 15) is 4.79 Å². The average Bonchev–Trinajstić information content (AvgIpc) is 3.26. The number of fused-ring (bicyclic) bond motifs is 1. The minimum atomic E-state index is -0.0398. The van der Waals surface area contributed by atoms with Gasteiger partial charge >= 0.3 is 0 Å². The van der Waals surface area contributed by atoms with Gasteiger partial charge < -0.3 is 15.0 Å². The molecule has 0 atom stereocenters. The number of carbonyl (C=O) groups excluding carboxylic acids is 1. The molecule has 0 bridgehead atoms. The third-order valence-corrected chi connectivity index (χ3v) is 5.64. The fourth-order valence-electron chi connectivity index (χ4n) is 3.55. The molecule has 0 radical (unpaired) electrons. The third-order valence-electron chi connectivity index (χ3n) is 5.64. The van der Waals surface area contributed by atoms with Crippen LogP contribution in [0.4, 0.5) is 0 Å². The van der Waals surface area contributed by atoms with Gasteiger partial charge in [0.25, 0.3) is 0 Å². The Hall–Kier alpha value is -2.66. The van der Waals surface area contributed by atoms with Crippen LogP contribution in [0, 0.1) is 5.92 Å². The van der Waals surface area contributed by atoms with E-state index < -0.39 is 0 Å². The Balaban J connectivity index is 0.000000387. The maximum Gasteiger partial charge on any atom is 0.195 e. The molecular formula is C29H43N3O2. The van der Waals surface area contributed by atoms with Crippen LogP contribution >= 0.6 is 0 Å². The smallest absolute Gasteiger partial charge is 0.195 e. The molecule has 2 N–H and O–H groups in total. The number of imidazole rings is 1. The van der Waals surface area contributed by atoms with Gasteiger partial charge in [-0.15, -0.1) is 0 Å². The molecule has 0 unspecified atom stereocenters. The second kappa shape index (κ2) is 15.3. The van der Waals surface area contributed by atoms with Crippen LogP contribution in [0.25, 0.3) is 11.0 Å². The molecule has 5 nitrogen and oxygen atoms in total. The van der Waals surface area contributed by atoms with Crippen molar-refractivity contribution in [2.75, 3.05) is 19.7 Å². The lowest BCUT2D eigenvalue weighted by Crippen LogP contribution is -2.17. The number of H-pyrrole nitrogens is 1. The first-order valence-corrected chi connectivity index (χ1v) is 12.8. The fraction of sp³-hybridized carbons (Fsp3) is 0.517. The highest BCUT2D eigenvalue weighted by Gasteiger charge is 2.07. The summed E-state index contributed by atoms with van der Waals surface area (Å²) in [5.41, 5.74) is 4.32. The van der Waals surface area contributed by atoms with Crippen molar-refractivity contribution >= 4 is 16.8 Å². The van der Waals surface area contributed by atoms with Gasteiger partial charge in [-0.3, -0.25) is 4.79 Å². The van der Waals surface area contributed by atoms with Gasteiger partial charge in [0.1, 0.15) is 5.75 Å². The molecule has 0 amide bonds. The zero-order valence-electron chi connectivity index (χ0n) is 21.7. The van der Waals surface area contributed by atoms with Crippen LogP contribution in [0.3, 0.4) is 0 Å². The van der Waals surface area contributed by atoms with Gasteiger partial charge in [-0.05, 0) is 92.9 Å².